The standard InChI is InChI=1S/C12H19N3O/c1-9(2)14-7-5-11(16)8-10-4-3-6-15-12(10)13/h3-4,6,9,14H,5,7-8H2,1-2H3,(H2,13,15). The van der Waals surface area contributed by atoms with Crippen LogP contribution in [0.1, 0.15) is 25.8 Å². The molecule has 0 fully saturated rings. The first kappa shape index (κ1) is 12.6. The number of ketones is 1. The van der Waals surface area contributed by atoms with Gasteiger partial charge in [-0.15, -0.1) is 0 Å². The highest BCUT2D eigenvalue weighted by atomic mass is 16.1. The maximum absolute atomic E-state index is 11.6. The lowest BCUT2D eigenvalue weighted by molar-refractivity contribution is -0.118. The third kappa shape index (κ3) is 4.40. The van der Waals surface area contributed by atoms with E-state index in [1.807, 2.05) is 6.07 Å². The van der Waals surface area contributed by atoms with E-state index in [1.165, 1.54) is 0 Å². The molecule has 4 nitrogen and oxygen atoms in total. The molecule has 1 heterocycles. The first-order chi connectivity index (χ1) is 7.59. The molecule has 3 N–H and O–H groups in total. The summed E-state index contributed by atoms with van der Waals surface area (Å²) in [4.78, 5) is 15.6. The summed E-state index contributed by atoms with van der Waals surface area (Å²) in [5.41, 5.74) is 6.48. The molecule has 0 saturated heterocycles. The van der Waals surface area contributed by atoms with Crippen LogP contribution in [-0.2, 0) is 11.2 Å². The summed E-state index contributed by atoms with van der Waals surface area (Å²) in [7, 11) is 0. The van der Waals surface area contributed by atoms with Crippen molar-refractivity contribution in [3.63, 3.8) is 0 Å². The average molecular weight is 221 g/mol. The third-order valence-electron chi connectivity index (χ3n) is 2.27. The van der Waals surface area contributed by atoms with E-state index in [-0.39, 0.29) is 5.78 Å². The molecule has 0 unspecified atom stereocenters. The van der Waals surface area contributed by atoms with Crippen LogP contribution in [0, 0.1) is 0 Å². The molecule has 1 aromatic rings. The molecule has 0 aliphatic rings. The van der Waals surface area contributed by atoms with Crippen molar-refractivity contribution >= 4 is 11.6 Å². The van der Waals surface area contributed by atoms with Gasteiger partial charge in [0.05, 0.1) is 0 Å². The van der Waals surface area contributed by atoms with E-state index in [1.54, 1.807) is 12.3 Å². The first-order valence-corrected chi connectivity index (χ1v) is 5.54. The number of nitrogens with one attached hydrogen (secondary N) is 1. The third-order valence-corrected chi connectivity index (χ3v) is 2.27. The Morgan fingerprint density at radius 2 is 2.31 bits per heavy atom. The second-order valence-electron chi connectivity index (χ2n) is 4.12. The normalized spacial score (nSPS) is 10.7. The van der Waals surface area contributed by atoms with Gasteiger partial charge in [0.25, 0.3) is 0 Å². The fourth-order valence-electron chi connectivity index (χ4n) is 1.40. The number of carbonyl (C=O) groups excluding carboxylic acids is 1. The van der Waals surface area contributed by atoms with Crippen molar-refractivity contribution in [3.8, 4) is 0 Å². The Morgan fingerprint density at radius 3 is 2.94 bits per heavy atom. The van der Waals surface area contributed by atoms with E-state index in [0.29, 0.717) is 24.7 Å². The molecule has 88 valence electrons. The number of nitrogens with two attached hydrogens (primary N) is 1. The van der Waals surface area contributed by atoms with Crippen LogP contribution in [0.25, 0.3) is 0 Å². The van der Waals surface area contributed by atoms with Crippen LogP contribution in [0.15, 0.2) is 18.3 Å². The summed E-state index contributed by atoms with van der Waals surface area (Å²) in [6.07, 6.45) is 2.54. The fraction of sp³-hybridized carbons (Fsp3) is 0.500. The summed E-state index contributed by atoms with van der Waals surface area (Å²) in [6.45, 7) is 4.84. The highest BCUT2D eigenvalue weighted by Crippen LogP contribution is 2.08. The SMILES string of the molecule is CC(C)NCCC(=O)Cc1cccnc1N. The van der Waals surface area contributed by atoms with E-state index in [9.17, 15) is 4.79 Å². The molecule has 0 bridgehead atoms. The Labute approximate surface area is 96.3 Å². The summed E-state index contributed by atoms with van der Waals surface area (Å²) in [5, 5.41) is 3.21. The number of anilines is 1. The van der Waals surface area contributed by atoms with Crippen LogP contribution >= 0.6 is 0 Å². The van der Waals surface area contributed by atoms with Crippen molar-refractivity contribution in [3.05, 3.63) is 23.9 Å². The minimum atomic E-state index is 0.188. The summed E-state index contributed by atoms with van der Waals surface area (Å²) >= 11 is 0. The smallest absolute Gasteiger partial charge is 0.138 e. The Hall–Kier alpha value is -1.42. The number of rotatable bonds is 6. The van der Waals surface area contributed by atoms with Gasteiger partial charge in [-0.1, -0.05) is 19.9 Å². The lowest BCUT2D eigenvalue weighted by atomic mass is 10.1. The number of hydrogen-bond donors (Lipinski definition) is 2. The number of pyridine rings is 1. The van der Waals surface area contributed by atoms with Gasteiger partial charge in [0.2, 0.25) is 0 Å². The molecule has 1 aromatic heterocycles. The van der Waals surface area contributed by atoms with Crippen molar-refractivity contribution in [1.29, 1.82) is 0 Å². The van der Waals surface area contributed by atoms with Gasteiger partial charge in [-0.3, -0.25) is 4.79 Å². The number of aromatic nitrogens is 1. The van der Waals surface area contributed by atoms with E-state index in [2.05, 4.69) is 24.1 Å². The van der Waals surface area contributed by atoms with Crippen LogP contribution < -0.4 is 11.1 Å². The second kappa shape index (κ2) is 6.23. The topological polar surface area (TPSA) is 68.0 Å². The molecular weight excluding hydrogens is 202 g/mol. The quantitative estimate of drug-likeness (QED) is 0.756. The molecule has 0 aromatic carbocycles. The van der Waals surface area contributed by atoms with E-state index in [0.717, 1.165) is 12.1 Å². The molecule has 0 radical (unpaired) electrons. The summed E-state index contributed by atoms with van der Waals surface area (Å²) < 4.78 is 0. The summed E-state index contributed by atoms with van der Waals surface area (Å²) in [6, 6.07) is 4.05. The zero-order chi connectivity index (χ0) is 12.0. The van der Waals surface area contributed by atoms with Crippen molar-refractivity contribution in [2.75, 3.05) is 12.3 Å². The molecule has 0 aliphatic heterocycles. The largest absolute Gasteiger partial charge is 0.383 e. The molecule has 1 rings (SSSR count). The molecular formula is C12H19N3O. The van der Waals surface area contributed by atoms with Gasteiger partial charge in [0.1, 0.15) is 11.6 Å². The molecule has 0 amide bonds. The van der Waals surface area contributed by atoms with Gasteiger partial charge >= 0.3 is 0 Å². The van der Waals surface area contributed by atoms with Crippen LogP contribution in [0.4, 0.5) is 5.82 Å². The number of carbonyl (C=O) groups is 1. The highest BCUT2D eigenvalue weighted by Gasteiger charge is 2.06. The van der Waals surface area contributed by atoms with Gasteiger partial charge < -0.3 is 11.1 Å². The van der Waals surface area contributed by atoms with Gasteiger partial charge in [-0.2, -0.15) is 0 Å². The van der Waals surface area contributed by atoms with Gasteiger partial charge in [0, 0.05) is 37.2 Å². The molecule has 16 heavy (non-hydrogen) atoms. The monoisotopic (exact) mass is 221 g/mol. The predicted molar refractivity (Wildman–Crippen MR) is 65.1 cm³/mol. The lowest BCUT2D eigenvalue weighted by Gasteiger charge is -2.07. The zero-order valence-electron chi connectivity index (χ0n) is 9.86. The van der Waals surface area contributed by atoms with Crippen molar-refractivity contribution < 1.29 is 4.79 Å². The van der Waals surface area contributed by atoms with E-state index >= 15 is 0 Å². The molecule has 0 aliphatic carbocycles. The number of nitrogens with zero attached hydrogens (tertiary/aromatic N) is 1. The molecule has 0 atom stereocenters. The molecule has 0 spiro atoms. The number of hydrogen-bond acceptors (Lipinski definition) is 4. The predicted octanol–water partition coefficient (Wildman–Crippen LogP) is 1.16. The van der Waals surface area contributed by atoms with Gasteiger partial charge in [0.15, 0.2) is 0 Å². The zero-order valence-corrected chi connectivity index (χ0v) is 9.86. The fourth-order valence-corrected chi connectivity index (χ4v) is 1.40. The van der Waals surface area contributed by atoms with Crippen LogP contribution in [0.2, 0.25) is 0 Å². The second-order valence-corrected chi connectivity index (χ2v) is 4.12. The maximum Gasteiger partial charge on any atom is 0.138 e. The highest BCUT2D eigenvalue weighted by molar-refractivity contribution is 5.82. The van der Waals surface area contributed by atoms with E-state index < -0.39 is 0 Å². The average Bonchev–Trinajstić information content (AvgIpc) is 2.21. The van der Waals surface area contributed by atoms with Crippen LogP contribution in [0.3, 0.4) is 0 Å². The lowest BCUT2D eigenvalue weighted by Crippen LogP contribution is -2.25. The number of Topliss-reactive ketones (excluding diaryl/α,β-unsaturated/α-hetero) is 1. The van der Waals surface area contributed by atoms with Gasteiger partial charge in [-0.05, 0) is 6.07 Å². The van der Waals surface area contributed by atoms with Crippen molar-refractivity contribution in [2.45, 2.75) is 32.7 Å². The Bertz CT molecular complexity index is 350. The minimum absolute atomic E-state index is 0.188. The van der Waals surface area contributed by atoms with Gasteiger partial charge in [-0.25, -0.2) is 4.98 Å². The Kier molecular flexibility index (Phi) is 4.92. The molecule has 4 heteroatoms. The maximum atomic E-state index is 11.6. The Balaban J connectivity index is 2.37. The first-order valence-electron chi connectivity index (χ1n) is 5.54. The minimum Gasteiger partial charge on any atom is -0.383 e. The summed E-state index contributed by atoms with van der Waals surface area (Å²) in [5.74, 6) is 0.639. The van der Waals surface area contributed by atoms with E-state index in [4.69, 9.17) is 5.73 Å². The van der Waals surface area contributed by atoms with Crippen molar-refractivity contribution in [2.24, 2.45) is 0 Å². The molecule has 0 saturated carbocycles. The number of nitrogen functional groups attached to an aromatic ring is 1. The van der Waals surface area contributed by atoms with Crippen LogP contribution in [0.5, 0.6) is 0 Å². The Morgan fingerprint density at radius 1 is 1.56 bits per heavy atom. The van der Waals surface area contributed by atoms with Crippen molar-refractivity contribution in [1.82, 2.24) is 10.3 Å². The van der Waals surface area contributed by atoms with Crippen LogP contribution in [-0.4, -0.2) is 23.4 Å².